The van der Waals surface area contributed by atoms with Gasteiger partial charge >= 0.3 is 5.97 Å². The van der Waals surface area contributed by atoms with Crippen LogP contribution in [0.25, 0.3) is 0 Å². The zero-order valence-corrected chi connectivity index (χ0v) is 9.58. The van der Waals surface area contributed by atoms with E-state index in [1.807, 2.05) is 0 Å². The van der Waals surface area contributed by atoms with Crippen LogP contribution in [0.15, 0.2) is 18.2 Å². The summed E-state index contributed by atoms with van der Waals surface area (Å²) in [5.41, 5.74) is 4.02. The first kappa shape index (κ1) is 11.0. The summed E-state index contributed by atoms with van der Waals surface area (Å²) in [5, 5.41) is 3.24. The molecule has 0 unspecified atom stereocenters. The van der Waals surface area contributed by atoms with E-state index < -0.39 is 0 Å². The first-order valence-electron chi connectivity index (χ1n) is 5.72. The maximum absolute atomic E-state index is 10.9. The van der Waals surface area contributed by atoms with Gasteiger partial charge in [-0.15, -0.1) is 0 Å². The van der Waals surface area contributed by atoms with Crippen LogP contribution in [-0.4, -0.2) is 19.6 Å². The van der Waals surface area contributed by atoms with Crippen molar-refractivity contribution in [3.05, 3.63) is 29.3 Å². The largest absolute Gasteiger partial charge is 0.469 e. The number of anilines is 1. The number of carbonyl (C=O) groups excluding carboxylic acids is 1. The molecule has 1 aromatic rings. The van der Waals surface area contributed by atoms with Crippen molar-refractivity contribution in [2.24, 2.45) is 0 Å². The van der Waals surface area contributed by atoms with Crippen LogP contribution in [0.2, 0.25) is 0 Å². The van der Waals surface area contributed by atoms with Crippen molar-refractivity contribution in [2.45, 2.75) is 25.7 Å². The Morgan fingerprint density at radius 2 is 2.19 bits per heavy atom. The van der Waals surface area contributed by atoms with Gasteiger partial charge in [0.15, 0.2) is 0 Å². The number of hydrogen-bond acceptors (Lipinski definition) is 3. The van der Waals surface area contributed by atoms with Gasteiger partial charge in [0.05, 0.1) is 13.5 Å². The number of hydrogen-bond donors (Lipinski definition) is 1. The van der Waals surface area contributed by atoms with E-state index in [1.54, 1.807) is 0 Å². The van der Waals surface area contributed by atoms with E-state index >= 15 is 0 Å². The number of aryl methyl sites for hydroxylation is 2. The molecule has 0 spiro atoms. The maximum atomic E-state index is 10.9. The summed E-state index contributed by atoms with van der Waals surface area (Å²) in [4.78, 5) is 10.9. The second kappa shape index (κ2) is 5.01. The molecular formula is C13H17NO2. The van der Waals surface area contributed by atoms with Gasteiger partial charge in [-0.1, -0.05) is 6.07 Å². The SMILES string of the molecule is COC(=O)CCNc1ccc2c(c1)CCC2. The topological polar surface area (TPSA) is 38.3 Å². The van der Waals surface area contributed by atoms with Crippen LogP contribution in [-0.2, 0) is 22.4 Å². The Morgan fingerprint density at radius 3 is 3.00 bits per heavy atom. The second-order valence-corrected chi connectivity index (χ2v) is 4.09. The summed E-state index contributed by atoms with van der Waals surface area (Å²) in [6, 6.07) is 6.46. The molecule has 0 radical (unpaired) electrons. The summed E-state index contributed by atoms with van der Waals surface area (Å²) < 4.78 is 4.58. The lowest BCUT2D eigenvalue weighted by Crippen LogP contribution is -2.09. The molecule has 3 nitrogen and oxygen atoms in total. The Morgan fingerprint density at radius 1 is 1.38 bits per heavy atom. The zero-order chi connectivity index (χ0) is 11.4. The summed E-state index contributed by atoms with van der Waals surface area (Å²) >= 11 is 0. The highest BCUT2D eigenvalue weighted by Gasteiger charge is 2.10. The highest BCUT2D eigenvalue weighted by atomic mass is 16.5. The quantitative estimate of drug-likeness (QED) is 0.788. The normalized spacial score (nSPS) is 13.3. The molecule has 1 aliphatic rings. The van der Waals surface area contributed by atoms with Crippen molar-refractivity contribution >= 4 is 11.7 Å². The van der Waals surface area contributed by atoms with Crippen molar-refractivity contribution in [3.8, 4) is 0 Å². The second-order valence-electron chi connectivity index (χ2n) is 4.09. The monoisotopic (exact) mass is 219 g/mol. The first-order valence-corrected chi connectivity index (χ1v) is 5.72. The zero-order valence-electron chi connectivity index (χ0n) is 9.58. The lowest BCUT2D eigenvalue weighted by atomic mass is 10.1. The van der Waals surface area contributed by atoms with Crippen LogP contribution in [0.3, 0.4) is 0 Å². The fourth-order valence-corrected chi connectivity index (χ4v) is 2.09. The van der Waals surface area contributed by atoms with E-state index in [9.17, 15) is 4.79 Å². The van der Waals surface area contributed by atoms with Crippen molar-refractivity contribution in [2.75, 3.05) is 19.0 Å². The van der Waals surface area contributed by atoms with Crippen LogP contribution in [0, 0.1) is 0 Å². The third-order valence-corrected chi connectivity index (χ3v) is 2.98. The number of nitrogens with one attached hydrogen (secondary N) is 1. The third kappa shape index (κ3) is 2.54. The van der Waals surface area contributed by atoms with Gasteiger partial charge in [0.25, 0.3) is 0 Å². The van der Waals surface area contributed by atoms with Gasteiger partial charge in [-0.3, -0.25) is 4.79 Å². The molecule has 0 bridgehead atoms. The van der Waals surface area contributed by atoms with Crippen LogP contribution in [0.1, 0.15) is 24.0 Å². The molecule has 0 fully saturated rings. The molecule has 3 heteroatoms. The molecule has 86 valence electrons. The Kier molecular flexibility index (Phi) is 3.44. The van der Waals surface area contributed by atoms with E-state index in [4.69, 9.17) is 0 Å². The van der Waals surface area contributed by atoms with Crippen LogP contribution >= 0.6 is 0 Å². The Labute approximate surface area is 95.8 Å². The molecule has 0 aromatic heterocycles. The highest BCUT2D eigenvalue weighted by Crippen LogP contribution is 2.24. The molecule has 2 rings (SSSR count). The van der Waals surface area contributed by atoms with Crippen molar-refractivity contribution in [1.82, 2.24) is 0 Å². The molecule has 0 saturated carbocycles. The molecule has 1 N–H and O–H groups in total. The van der Waals surface area contributed by atoms with Gasteiger partial charge in [-0.05, 0) is 42.5 Å². The van der Waals surface area contributed by atoms with Crippen molar-refractivity contribution in [1.29, 1.82) is 0 Å². The van der Waals surface area contributed by atoms with Crippen molar-refractivity contribution in [3.63, 3.8) is 0 Å². The molecule has 1 aliphatic carbocycles. The predicted molar refractivity (Wildman–Crippen MR) is 63.6 cm³/mol. The standard InChI is InChI=1S/C13H17NO2/c1-16-13(15)7-8-14-12-6-5-10-3-2-4-11(10)9-12/h5-6,9,14H,2-4,7-8H2,1H3. The highest BCUT2D eigenvalue weighted by molar-refractivity contribution is 5.69. The van der Waals surface area contributed by atoms with Gasteiger partial charge in [0.2, 0.25) is 0 Å². The number of esters is 1. The summed E-state index contributed by atoms with van der Waals surface area (Å²) in [7, 11) is 1.41. The molecule has 0 amide bonds. The van der Waals surface area contributed by atoms with E-state index in [1.165, 1.54) is 37.5 Å². The fourth-order valence-electron chi connectivity index (χ4n) is 2.09. The number of fused-ring (bicyclic) bond motifs is 1. The smallest absolute Gasteiger partial charge is 0.307 e. The molecule has 16 heavy (non-hydrogen) atoms. The Balaban J connectivity index is 1.88. The number of methoxy groups -OCH3 is 1. The van der Waals surface area contributed by atoms with Gasteiger partial charge in [-0.2, -0.15) is 0 Å². The molecule has 0 aliphatic heterocycles. The molecule has 0 atom stereocenters. The number of benzene rings is 1. The lowest BCUT2D eigenvalue weighted by molar-refractivity contribution is -0.140. The number of carbonyl (C=O) groups is 1. The summed E-state index contributed by atoms with van der Waals surface area (Å²) in [5.74, 6) is -0.173. The third-order valence-electron chi connectivity index (χ3n) is 2.98. The van der Waals surface area contributed by atoms with Gasteiger partial charge in [0, 0.05) is 12.2 Å². The molecule has 0 heterocycles. The van der Waals surface area contributed by atoms with E-state index in [2.05, 4.69) is 28.3 Å². The Hall–Kier alpha value is -1.51. The lowest BCUT2D eigenvalue weighted by Gasteiger charge is -2.07. The summed E-state index contributed by atoms with van der Waals surface area (Å²) in [6.07, 6.45) is 4.06. The number of rotatable bonds is 4. The Bertz CT molecular complexity index is 388. The van der Waals surface area contributed by atoms with E-state index in [0.717, 1.165) is 5.69 Å². The molecular weight excluding hydrogens is 202 g/mol. The van der Waals surface area contributed by atoms with E-state index in [0.29, 0.717) is 13.0 Å². The average Bonchev–Trinajstić information content (AvgIpc) is 2.76. The summed E-state index contributed by atoms with van der Waals surface area (Å²) in [6.45, 7) is 0.630. The van der Waals surface area contributed by atoms with Gasteiger partial charge in [0.1, 0.15) is 0 Å². The predicted octanol–water partition coefficient (Wildman–Crippen LogP) is 2.15. The minimum atomic E-state index is -0.173. The van der Waals surface area contributed by atoms with Crippen LogP contribution in [0.5, 0.6) is 0 Å². The maximum Gasteiger partial charge on any atom is 0.307 e. The molecule has 1 aromatic carbocycles. The minimum absolute atomic E-state index is 0.173. The molecule has 0 saturated heterocycles. The van der Waals surface area contributed by atoms with Crippen molar-refractivity contribution < 1.29 is 9.53 Å². The minimum Gasteiger partial charge on any atom is -0.469 e. The van der Waals surface area contributed by atoms with Crippen LogP contribution < -0.4 is 5.32 Å². The fraction of sp³-hybridized carbons (Fsp3) is 0.462. The number of ether oxygens (including phenoxy) is 1. The first-order chi connectivity index (χ1) is 7.79. The average molecular weight is 219 g/mol. The van der Waals surface area contributed by atoms with E-state index in [-0.39, 0.29) is 5.97 Å². The van der Waals surface area contributed by atoms with Gasteiger partial charge < -0.3 is 10.1 Å². The van der Waals surface area contributed by atoms with Gasteiger partial charge in [-0.25, -0.2) is 0 Å². The van der Waals surface area contributed by atoms with Crippen LogP contribution in [0.4, 0.5) is 5.69 Å².